The van der Waals surface area contributed by atoms with Gasteiger partial charge >= 0.3 is 0 Å². The predicted molar refractivity (Wildman–Crippen MR) is 101 cm³/mol. The largest absolute Gasteiger partial charge is 0.481 e. The first-order chi connectivity index (χ1) is 12.5. The molecule has 0 N–H and O–H groups in total. The molecule has 2 aromatic rings. The third-order valence-electron chi connectivity index (χ3n) is 4.31. The van der Waals surface area contributed by atoms with Gasteiger partial charge in [0.25, 0.3) is 15.9 Å². The number of ether oxygens (including phenoxy) is 1. The van der Waals surface area contributed by atoms with E-state index in [2.05, 4.69) is 0 Å². The molecule has 2 heterocycles. The minimum Gasteiger partial charge on any atom is -0.481 e. The molecule has 0 aliphatic carbocycles. The smallest absolute Gasteiger partial charge is 0.263 e. The number of carbonyl (C=O) groups excluding carboxylic acids is 1. The molecule has 1 aromatic heterocycles. The average molecular weight is 395 g/mol. The number of rotatable bonds is 6. The van der Waals surface area contributed by atoms with Crippen molar-refractivity contribution >= 4 is 27.3 Å². The number of piperazine rings is 1. The Kier molecular flexibility index (Phi) is 5.95. The van der Waals surface area contributed by atoms with E-state index in [0.29, 0.717) is 42.6 Å². The van der Waals surface area contributed by atoms with E-state index >= 15 is 0 Å². The van der Waals surface area contributed by atoms with Crippen molar-refractivity contribution in [1.82, 2.24) is 9.21 Å². The molecular weight excluding hydrogens is 372 g/mol. The molecule has 1 aliphatic heterocycles. The summed E-state index contributed by atoms with van der Waals surface area (Å²) in [5, 5.41) is 1.75. The summed E-state index contributed by atoms with van der Waals surface area (Å²) in [6.07, 6.45) is -0.000563. The van der Waals surface area contributed by atoms with Crippen LogP contribution in [0.1, 0.15) is 13.3 Å². The van der Waals surface area contributed by atoms with Crippen LogP contribution in [0.25, 0.3) is 0 Å². The summed E-state index contributed by atoms with van der Waals surface area (Å²) >= 11 is 1.21. The van der Waals surface area contributed by atoms with Crippen molar-refractivity contribution < 1.29 is 17.9 Å². The Balaban J connectivity index is 1.61. The minimum absolute atomic E-state index is 0.0930. The number of sulfonamides is 1. The van der Waals surface area contributed by atoms with Gasteiger partial charge in [-0.1, -0.05) is 31.2 Å². The van der Waals surface area contributed by atoms with E-state index in [9.17, 15) is 13.2 Å². The van der Waals surface area contributed by atoms with Crippen LogP contribution in [0.5, 0.6) is 5.75 Å². The third kappa shape index (κ3) is 4.08. The van der Waals surface area contributed by atoms with E-state index in [-0.39, 0.29) is 5.91 Å². The molecule has 1 amide bonds. The van der Waals surface area contributed by atoms with Gasteiger partial charge in [-0.05, 0) is 30.0 Å². The first-order valence-corrected chi connectivity index (χ1v) is 10.9. The quantitative estimate of drug-likeness (QED) is 0.755. The van der Waals surface area contributed by atoms with E-state index in [4.69, 9.17) is 4.74 Å². The lowest BCUT2D eigenvalue weighted by Crippen LogP contribution is -2.53. The van der Waals surface area contributed by atoms with Crippen LogP contribution in [0, 0.1) is 0 Å². The Labute approximate surface area is 158 Å². The Morgan fingerprint density at radius 3 is 2.38 bits per heavy atom. The van der Waals surface area contributed by atoms with E-state index in [1.54, 1.807) is 22.4 Å². The van der Waals surface area contributed by atoms with Crippen LogP contribution in [0.15, 0.2) is 52.1 Å². The maximum atomic E-state index is 12.8. The summed E-state index contributed by atoms with van der Waals surface area (Å²) in [5.41, 5.74) is 0. The zero-order valence-electron chi connectivity index (χ0n) is 14.6. The first-order valence-electron chi connectivity index (χ1n) is 8.56. The second kappa shape index (κ2) is 8.20. The topological polar surface area (TPSA) is 66.9 Å². The highest BCUT2D eigenvalue weighted by molar-refractivity contribution is 7.91. The number of hydrogen-bond acceptors (Lipinski definition) is 5. The van der Waals surface area contributed by atoms with Crippen molar-refractivity contribution in [2.75, 3.05) is 26.2 Å². The predicted octanol–water partition coefficient (Wildman–Crippen LogP) is 2.44. The maximum Gasteiger partial charge on any atom is 0.263 e. The molecule has 26 heavy (non-hydrogen) atoms. The van der Waals surface area contributed by atoms with Gasteiger partial charge in [0.2, 0.25) is 0 Å². The molecule has 140 valence electrons. The number of thiophene rings is 1. The second-order valence-corrected chi connectivity index (χ2v) is 9.10. The molecule has 0 unspecified atom stereocenters. The number of benzene rings is 1. The molecule has 6 nitrogen and oxygen atoms in total. The van der Waals surface area contributed by atoms with Crippen molar-refractivity contribution in [3.63, 3.8) is 0 Å². The SMILES string of the molecule is CC[C@H](Oc1ccccc1)C(=O)N1CCN(S(=O)(=O)c2cccs2)CC1. The molecule has 0 radical (unpaired) electrons. The van der Waals surface area contributed by atoms with E-state index in [1.807, 2.05) is 37.3 Å². The number of hydrogen-bond donors (Lipinski definition) is 0. The normalized spacial score (nSPS) is 17.0. The molecular formula is C18H22N2O4S2. The van der Waals surface area contributed by atoms with Gasteiger partial charge in [-0.15, -0.1) is 11.3 Å². The Morgan fingerprint density at radius 2 is 1.81 bits per heavy atom. The lowest BCUT2D eigenvalue weighted by molar-refractivity contribution is -0.140. The highest BCUT2D eigenvalue weighted by Crippen LogP contribution is 2.22. The lowest BCUT2D eigenvalue weighted by atomic mass is 10.2. The molecule has 1 atom stereocenters. The van der Waals surface area contributed by atoms with Crippen LogP contribution in [-0.2, 0) is 14.8 Å². The van der Waals surface area contributed by atoms with Crippen molar-refractivity contribution in [3.05, 3.63) is 47.8 Å². The van der Waals surface area contributed by atoms with Crippen molar-refractivity contribution in [3.8, 4) is 5.75 Å². The van der Waals surface area contributed by atoms with E-state index < -0.39 is 16.1 Å². The Bertz CT molecular complexity index is 814. The van der Waals surface area contributed by atoms with Crippen molar-refractivity contribution in [2.45, 2.75) is 23.7 Å². The van der Waals surface area contributed by atoms with Gasteiger partial charge in [0.15, 0.2) is 6.10 Å². The Hall–Kier alpha value is -1.90. The summed E-state index contributed by atoms with van der Waals surface area (Å²) in [4.78, 5) is 14.4. The number of para-hydroxylation sites is 1. The van der Waals surface area contributed by atoms with Crippen LogP contribution >= 0.6 is 11.3 Å². The molecule has 0 spiro atoms. The molecule has 0 bridgehead atoms. The second-order valence-electron chi connectivity index (χ2n) is 5.99. The lowest BCUT2D eigenvalue weighted by Gasteiger charge is -2.35. The highest BCUT2D eigenvalue weighted by Gasteiger charge is 2.33. The van der Waals surface area contributed by atoms with Gasteiger partial charge in [-0.25, -0.2) is 8.42 Å². The summed E-state index contributed by atoms with van der Waals surface area (Å²) in [6.45, 7) is 3.25. The number of carbonyl (C=O) groups is 1. The highest BCUT2D eigenvalue weighted by atomic mass is 32.2. The fourth-order valence-corrected chi connectivity index (χ4v) is 5.43. The third-order valence-corrected chi connectivity index (χ3v) is 7.58. The molecule has 1 fully saturated rings. The van der Waals surface area contributed by atoms with Crippen LogP contribution < -0.4 is 4.74 Å². The van der Waals surface area contributed by atoms with Crippen LogP contribution in [0.2, 0.25) is 0 Å². The Morgan fingerprint density at radius 1 is 1.12 bits per heavy atom. The monoisotopic (exact) mass is 394 g/mol. The first kappa shape index (κ1) is 18.9. The van der Waals surface area contributed by atoms with Gasteiger partial charge in [-0.3, -0.25) is 4.79 Å². The number of nitrogens with zero attached hydrogens (tertiary/aromatic N) is 2. The van der Waals surface area contributed by atoms with Gasteiger partial charge in [0.1, 0.15) is 9.96 Å². The zero-order valence-corrected chi connectivity index (χ0v) is 16.2. The van der Waals surface area contributed by atoms with E-state index in [0.717, 1.165) is 0 Å². The van der Waals surface area contributed by atoms with Gasteiger partial charge in [0, 0.05) is 26.2 Å². The van der Waals surface area contributed by atoms with Crippen LogP contribution in [0.4, 0.5) is 0 Å². The maximum absolute atomic E-state index is 12.8. The molecule has 0 saturated carbocycles. The van der Waals surface area contributed by atoms with Gasteiger partial charge < -0.3 is 9.64 Å². The molecule has 1 saturated heterocycles. The van der Waals surface area contributed by atoms with Gasteiger partial charge in [-0.2, -0.15) is 4.31 Å². The molecule has 1 aromatic carbocycles. The van der Waals surface area contributed by atoms with E-state index in [1.165, 1.54) is 15.6 Å². The van der Waals surface area contributed by atoms with Crippen molar-refractivity contribution in [1.29, 1.82) is 0 Å². The number of amides is 1. The average Bonchev–Trinajstić information content (AvgIpc) is 3.22. The van der Waals surface area contributed by atoms with Crippen LogP contribution in [-0.4, -0.2) is 55.8 Å². The summed E-state index contributed by atoms with van der Waals surface area (Å²) in [6, 6.07) is 12.6. The fourth-order valence-electron chi connectivity index (χ4n) is 2.86. The fraction of sp³-hybridized carbons (Fsp3) is 0.389. The summed E-state index contributed by atoms with van der Waals surface area (Å²) in [7, 11) is -3.46. The summed E-state index contributed by atoms with van der Waals surface area (Å²) in [5.74, 6) is 0.566. The molecule has 1 aliphatic rings. The molecule has 8 heteroatoms. The van der Waals surface area contributed by atoms with Crippen LogP contribution in [0.3, 0.4) is 0 Å². The zero-order chi connectivity index (χ0) is 18.6. The van der Waals surface area contributed by atoms with Crippen molar-refractivity contribution in [2.24, 2.45) is 0 Å². The standard InChI is InChI=1S/C18H22N2O4S2/c1-2-16(24-15-7-4-3-5-8-15)18(21)19-10-12-20(13-11-19)26(22,23)17-9-6-14-25-17/h3-9,14,16H,2,10-13H2,1H3/t16-/m0/s1. The minimum atomic E-state index is -3.46. The molecule has 3 rings (SSSR count). The van der Waals surface area contributed by atoms with Gasteiger partial charge in [0.05, 0.1) is 0 Å². The summed E-state index contributed by atoms with van der Waals surface area (Å²) < 4.78 is 32.7.